The fourth-order valence-electron chi connectivity index (χ4n) is 2.00. The van der Waals surface area contributed by atoms with Crippen LogP contribution in [-0.2, 0) is 0 Å². The summed E-state index contributed by atoms with van der Waals surface area (Å²) >= 11 is 0. The van der Waals surface area contributed by atoms with Gasteiger partial charge in [-0.1, -0.05) is 0 Å². The molecule has 0 aromatic heterocycles. The van der Waals surface area contributed by atoms with Crippen molar-refractivity contribution >= 4 is 0 Å². The van der Waals surface area contributed by atoms with Gasteiger partial charge in [0, 0.05) is 6.04 Å². The van der Waals surface area contributed by atoms with Gasteiger partial charge < -0.3 is 15.2 Å². The normalized spacial score (nSPS) is 20.5. The molecule has 0 bridgehead atoms. The van der Waals surface area contributed by atoms with Gasteiger partial charge in [0.15, 0.2) is 11.6 Å². The zero-order chi connectivity index (χ0) is 10.8. The van der Waals surface area contributed by atoms with Crippen molar-refractivity contribution in [3.8, 4) is 11.5 Å². The number of rotatable bonds is 2. The largest absolute Gasteiger partial charge is 0.505 e. The molecule has 3 nitrogen and oxygen atoms in total. The van der Waals surface area contributed by atoms with E-state index in [9.17, 15) is 9.50 Å². The summed E-state index contributed by atoms with van der Waals surface area (Å²) in [5.41, 5.74) is 0.440. The Bertz CT molecular complexity index is 362. The van der Waals surface area contributed by atoms with E-state index in [2.05, 4.69) is 5.32 Å². The molecule has 1 atom stereocenters. The molecule has 0 aliphatic carbocycles. The maximum atomic E-state index is 13.7. The first-order valence-corrected chi connectivity index (χ1v) is 5.02. The summed E-state index contributed by atoms with van der Waals surface area (Å²) in [7, 11) is 1.50. The van der Waals surface area contributed by atoms with Crippen LogP contribution in [0.1, 0.15) is 24.4 Å². The number of hydrogen-bond donors (Lipinski definition) is 2. The maximum Gasteiger partial charge on any atom is 0.173 e. The molecule has 1 aromatic carbocycles. The molecule has 0 saturated carbocycles. The monoisotopic (exact) mass is 211 g/mol. The van der Waals surface area contributed by atoms with Crippen LogP contribution in [0.15, 0.2) is 12.1 Å². The van der Waals surface area contributed by atoms with E-state index in [-0.39, 0.29) is 11.8 Å². The van der Waals surface area contributed by atoms with E-state index in [1.807, 2.05) is 0 Å². The van der Waals surface area contributed by atoms with Crippen LogP contribution < -0.4 is 10.1 Å². The first-order valence-electron chi connectivity index (χ1n) is 5.02. The van der Waals surface area contributed by atoms with Gasteiger partial charge in [-0.05, 0) is 31.5 Å². The Kier molecular flexibility index (Phi) is 2.77. The lowest BCUT2D eigenvalue weighted by Crippen LogP contribution is -2.15. The molecule has 2 N–H and O–H groups in total. The number of phenolic OH excluding ortho intramolecular Hbond substituents is 1. The van der Waals surface area contributed by atoms with Gasteiger partial charge in [-0.15, -0.1) is 0 Å². The Morgan fingerprint density at radius 3 is 2.93 bits per heavy atom. The van der Waals surface area contributed by atoms with Gasteiger partial charge >= 0.3 is 0 Å². The van der Waals surface area contributed by atoms with Crippen molar-refractivity contribution in [3.63, 3.8) is 0 Å². The Balaban J connectivity index is 2.45. The summed E-state index contributed by atoms with van der Waals surface area (Å²) in [5, 5.41) is 12.5. The highest BCUT2D eigenvalue weighted by Gasteiger charge is 2.25. The van der Waals surface area contributed by atoms with E-state index < -0.39 is 5.82 Å². The molecule has 1 fully saturated rings. The average Bonchev–Trinajstić information content (AvgIpc) is 2.75. The second-order valence-electron chi connectivity index (χ2n) is 3.66. The summed E-state index contributed by atoms with van der Waals surface area (Å²) in [6, 6.07) is 2.85. The Labute approximate surface area is 87.9 Å². The predicted molar refractivity (Wildman–Crippen MR) is 54.6 cm³/mol. The summed E-state index contributed by atoms with van der Waals surface area (Å²) in [6.07, 6.45) is 1.89. The Morgan fingerprint density at radius 2 is 2.33 bits per heavy atom. The predicted octanol–water partition coefficient (Wildman–Crippen LogP) is 1.96. The number of hydrogen-bond acceptors (Lipinski definition) is 3. The molecular weight excluding hydrogens is 197 g/mol. The minimum atomic E-state index is -0.575. The number of aromatic hydroxyl groups is 1. The zero-order valence-corrected chi connectivity index (χ0v) is 8.59. The van der Waals surface area contributed by atoms with Gasteiger partial charge in [0.25, 0.3) is 0 Å². The zero-order valence-electron chi connectivity index (χ0n) is 8.59. The lowest BCUT2D eigenvalue weighted by molar-refractivity contribution is 0.381. The molecule has 15 heavy (non-hydrogen) atoms. The third-order valence-corrected chi connectivity index (χ3v) is 2.75. The molecule has 1 aliphatic rings. The first-order chi connectivity index (χ1) is 7.24. The molecule has 1 aromatic rings. The molecule has 0 spiro atoms. The van der Waals surface area contributed by atoms with E-state index >= 15 is 0 Å². The van der Waals surface area contributed by atoms with Crippen molar-refractivity contribution in [2.24, 2.45) is 0 Å². The van der Waals surface area contributed by atoms with E-state index in [0.29, 0.717) is 11.3 Å². The Hall–Kier alpha value is -1.29. The van der Waals surface area contributed by atoms with Gasteiger partial charge in [0.05, 0.1) is 12.7 Å². The number of ether oxygens (including phenoxy) is 1. The highest BCUT2D eigenvalue weighted by Crippen LogP contribution is 2.36. The van der Waals surface area contributed by atoms with Crippen LogP contribution in [0.25, 0.3) is 0 Å². The summed E-state index contributed by atoms with van der Waals surface area (Å²) in [4.78, 5) is 0. The fourth-order valence-corrected chi connectivity index (χ4v) is 2.00. The third kappa shape index (κ3) is 1.77. The van der Waals surface area contributed by atoms with E-state index in [0.717, 1.165) is 19.4 Å². The smallest absolute Gasteiger partial charge is 0.173 e. The van der Waals surface area contributed by atoms with Gasteiger partial charge in [-0.3, -0.25) is 0 Å². The van der Waals surface area contributed by atoms with Crippen molar-refractivity contribution < 1.29 is 14.2 Å². The Morgan fingerprint density at radius 1 is 1.53 bits per heavy atom. The molecule has 1 aliphatic heterocycles. The van der Waals surface area contributed by atoms with Crippen molar-refractivity contribution in [2.45, 2.75) is 18.9 Å². The molecule has 2 rings (SSSR count). The quantitative estimate of drug-likeness (QED) is 0.785. The first kappa shape index (κ1) is 10.2. The molecule has 0 radical (unpaired) electrons. The van der Waals surface area contributed by atoms with Crippen LogP contribution in [0.2, 0.25) is 0 Å². The topological polar surface area (TPSA) is 41.5 Å². The molecule has 4 heteroatoms. The minimum absolute atomic E-state index is 0.0490. The fraction of sp³-hybridized carbons (Fsp3) is 0.455. The van der Waals surface area contributed by atoms with Crippen LogP contribution in [0, 0.1) is 5.82 Å². The highest BCUT2D eigenvalue weighted by molar-refractivity contribution is 5.43. The van der Waals surface area contributed by atoms with Crippen molar-refractivity contribution in [1.29, 1.82) is 0 Å². The lowest BCUT2D eigenvalue weighted by Gasteiger charge is -2.16. The number of methoxy groups -OCH3 is 1. The van der Waals surface area contributed by atoms with E-state index in [4.69, 9.17) is 4.74 Å². The average molecular weight is 211 g/mol. The second-order valence-corrected chi connectivity index (χ2v) is 3.66. The van der Waals surface area contributed by atoms with Gasteiger partial charge in [0.2, 0.25) is 0 Å². The van der Waals surface area contributed by atoms with Crippen LogP contribution in [-0.4, -0.2) is 18.8 Å². The molecule has 1 saturated heterocycles. The van der Waals surface area contributed by atoms with Crippen molar-refractivity contribution in [1.82, 2.24) is 5.32 Å². The van der Waals surface area contributed by atoms with Crippen molar-refractivity contribution in [2.75, 3.05) is 13.7 Å². The second kappa shape index (κ2) is 4.06. The maximum absolute atomic E-state index is 13.7. The molecule has 1 heterocycles. The molecule has 1 unspecified atom stereocenters. The molecule has 0 amide bonds. The van der Waals surface area contributed by atoms with Gasteiger partial charge in [-0.25, -0.2) is 4.39 Å². The van der Waals surface area contributed by atoms with Crippen LogP contribution >= 0.6 is 0 Å². The SMILES string of the molecule is COc1ccc(O)c(F)c1C1CCCN1. The summed E-state index contributed by atoms with van der Waals surface area (Å²) < 4.78 is 18.8. The minimum Gasteiger partial charge on any atom is -0.505 e. The molecular formula is C11H14FNO2. The highest BCUT2D eigenvalue weighted by atomic mass is 19.1. The summed E-state index contributed by atoms with van der Waals surface area (Å²) in [6.45, 7) is 0.878. The number of benzene rings is 1. The van der Waals surface area contributed by atoms with Crippen molar-refractivity contribution in [3.05, 3.63) is 23.5 Å². The third-order valence-electron chi connectivity index (χ3n) is 2.75. The standard InChI is InChI=1S/C11H14FNO2/c1-15-9-5-4-8(14)11(12)10(9)7-3-2-6-13-7/h4-5,7,13-14H,2-3,6H2,1H3. The number of halogens is 1. The number of nitrogens with one attached hydrogen (secondary N) is 1. The number of phenols is 1. The lowest BCUT2D eigenvalue weighted by atomic mass is 10.0. The molecule has 82 valence electrons. The van der Waals surface area contributed by atoms with Gasteiger partial charge in [0.1, 0.15) is 5.75 Å². The van der Waals surface area contributed by atoms with Crippen LogP contribution in [0.4, 0.5) is 4.39 Å². The van der Waals surface area contributed by atoms with Gasteiger partial charge in [-0.2, -0.15) is 0 Å². The van der Waals surface area contributed by atoms with Crippen LogP contribution in [0.5, 0.6) is 11.5 Å². The van der Waals surface area contributed by atoms with E-state index in [1.54, 1.807) is 6.07 Å². The van der Waals surface area contributed by atoms with E-state index in [1.165, 1.54) is 13.2 Å². The summed E-state index contributed by atoms with van der Waals surface area (Å²) in [5.74, 6) is -0.405. The van der Waals surface area contributed by atoms with Crippen LogP contribution in [0.3, 0.4) is 0 Å².